The van der Waals surface area contributed by atoms with Crippen LogP contribution in [0.15, 0.2) is 29.4 Å². The zero-order valence-electron chi connectivity index (χ0n) is 20.4. The standard InChI is InChI=1S/C24H31N5O4S/c1-7-32-22(31)20-14(2)21(26-15(20)3)18(30)13-34-23-28-27-19(29(23)25)12-33-17-10-8-16(9-11-17)24(4,5)6/h8-11,26H,7,12-13,25H2,1-6H3. The highest BCUT2D eigenvalue weighted by Gasteiger charge is 2.23. The maximum atomic E-state index is 12.8. The predicted octanol–water partition coefficient (Wildman–Crippen LogP) is 3.97. The summed E-state index contributed by atoms with van der Waals surface area (Å²) in [7, 11) is 0. The number of nitrogens with zero attached hydrogens (tertiary/aromatic N) is 3. The van der Waals surface area contributed by atoms with Gasteiger partial charge in [0, 0.05) is 5.69 Å². The molecule has 10 heteroatoms. The Hall–Kier alpha value is -3.27. The lowest BCUT2D eigenvalue weighted by Gasteiger charge is -2.19. The third-order valence-corrected chi connectivity index (χ3v) is 6.29. The van der Waals surface area contributed by atoms with Crippen LogP contribution in [0.3, 0.4) is 0 Å². The van der Waals surface area contributed by atoms with Crippen molar-refractivity contribution in [1.29, 1.82) is 0 Å². The van der Waals surface area contributed by atoms with Gasteiger partial charge in [-0.05, 0) is 49.4 Å². The predicted molar refractivity (Wildman–Crippen MR) is 131 cm³/mol. The van der Waals surface area contributed by atoms with Crippen LogP contribution in [0.25, 0.3) is 0 Å². The molecule has 3 N–H and O–H groups in total. The monoisotopic (exact) mass is 485 g/mol. The summed E-state index contributed by atoms with van der Waals surface area (Å²) < 4.78 is 12.2. The number of benzene rings is 1. The van der Waals surface area contributed by atoms with Crippen molar-refractivity contribution in [2.24, 2.45) is 0 Å². The molecule has 0 saturated heterocycles. The molecule has 0 saturated carbocycles. The summed E-state index contributed by atoms with van der Waals surface area (Å²) in [5, 5.41) is 8.54. The van der Waals surface area contributed by atoms with Crippen molar-refractivity contribution in [3.8, 4) is 5.75 Å². The number of carbonyl (C=O) groups excluding carboxylic acids is 2. The Labute approximate surface area is 203 Å². The molecular formula is C24H31N5O4S. The Morgan fingerprint density at radius 1 is 1.15 bits per heavy atom. The first kappa shape index (κ1) is 25.4. The van der Waals surface area contributed by atoms with E-state index in [1.807, 2.05) is 24.3 Å². The first-order valence-electron chi connectivity index (χ1n) is 11.0. The van der Waals surface area contributed by atoms with E-state index < -0.39 is 5.97 Å². The number of hydrogen-bond acceptors (Lipinski definition) is 8. The number of nitrogens with two attached hydrogens (primary N) is 1. The van der Waals surface area contributed by atoms with Gasteiger partial charge in [0.15, 0.2) is 11.6 Å². The van der Waals surface area contributed by atoms with E-state index in [9.17, 15) is 9.59 Å². The zero-order valence-corrected chi connectivity index (χ0v) is 21.2. The maximum absolute atomic E-state index is 12.8. The highest BCUT2D eigenvalue weighted by atomic mass is 32.2. The molecule has 0 amide bonds. The van der Waals surface area contributed by atoms with E-state index >= 15 is 0 Å². The van der Waals surface area contributed by atoms with E-state index in [0.29, 0.717) is 39.2 Å². The fraction of sp³-hybridized carbons (Fsp3) is 0.417. The Morgan fingerprint density at radius 3 is 2.44 bits per heavy atom. The average Bonchev–Trinajstić information content (AvgIpc) is 3.28. The van der Waals surface area contributed by atoms with Gasteiger partial charge >= 0.3 is 5.97 Å². The third kappa shape index (κ3) is 5.61. The fourth-order valence-electron chi connectivity index (χ4n) is 3.44. The molecule has 2 aromatic heterocycles. The van der Waals surface area contributed by atoms with Crippen LogP contribution in [0.2, 0.25) is 0 Å². The van der Waals surface area contributed by atoms with Gasteiger partial charge in [-0.15, -0.1) is 10.2 Å². The highest BCUT2D eigenvalue weighted by Crippen LogP contribution is 2.25. The first-order valence-corrected chi connectivity index (χ1v) is 12.0. The smallest absolute Gasteiger partial charge is 0.340 e. The van der Waals surface area contributed by atoms with Crippen molar-refractivity contribution >= 4 is 23.5 Å². The van der Waals surface area contributed by atoms with Gasteiger partial charge in [0.25, 0.3) is 0 Å². The van der Waals surface area contributed by atoms with Crippen molar-refractivity contribution in [2.75, 3.05) is 18.2 Å². The van der Waals surface area contributed by atoms with E-state index in [0.717, 1.165) is 11.8 Å². The number of H-pyrrole nitrogens is 1. The zero-order chi connectivity index (χ0) is 25.0. The van der Waals surface area contributed by atoms with Crippen LogP contribution in [-0.4, -0.2) is 44.0 Å². The topological polar surface area (TPSA) is 125 Å². The number of ketones is 1. The molecule has 3 rings (SSSR count). The lowest BCUT2D eigenvalue weighted by Crippen LogP contribution is -2.16. The molecule has 0 radical (unpaired) electrons. The molecule has 34 heavy (non-hydrogen) atoms. The van der Waals surface area contributed by atoms with Crippen LogP contribution in [0.5, 0.6) is 5.75 Å². The minimum Gasteiger partial charge on any atom is -0.486 e. The number of thioether (sulfide) groups is 1. The minimum absolute atomic E-state index is 0.0667. The second-order valence-corrected chi connectivity index (χ2v) is 9.83. The van der Waals surface area contributed by atoms with Gasteiger partial charge < -0.3 is 20.3 Å². The summed E-state index contributed by atoms with van der Waals surface area (Å²) >= 11 is 1.16. The average molecular weight is 486 g/mol. The number of aromatic amines is 1. The van der Waals surface area contributed by atoms with Crippen LogP contribution in [-0.2, 0) is 16.8 Å². The van der Waals surface area contributed by atoms with Gasteiger partial charge in [0.05, 0.1) is 23.6 Å². The van der Waals surface area contributed by atoms with E-state index in [2.05, 4.69) is 36.0 Å². The number of hydrogen-bond donors (Lipinski definition) is 2. The van der Waals surface area contributed by atoms with Gasteiger partial charge in [-0.3, -0.25) is 4.79 Å². The number of Topliss-reactive ketones (excluding diaryl/α,β-unsaturated/α-hetero) is 1. The largest absolute Gasteiger partial charge is 0.486 e. The van der Waals surface area contributed by atoms with E-state index in [1.54, 1.807) is 20.8 Å². The summed E-state index contributed by atoms with van der Waals surface area (Å²) in [5.41, 5.74) is 3.22. The first-order chi connectivity index (χ1) is 16.0. The Kier molecular flexibility index (Phi) is 7.71. The molecule has 0 aliphatic heterocycles. The quantitative estimate of drug-likeness (QED) is 0.202. The van der Waals surface area contributed by atoms with Crippen LogP contribution in [0.4, 0.5) is 0 Å². The number of esters is 1. The van der Waals surface area contributed by atoms with Crippen molar-refractivity contribution in [3.05, 3.63) is 58.2 Å². The number of ether oxygens (including phenoxy) is 2. The molecule has 1 aromatic carbocycles. The van der Waals surface area contributed by atoms with Gasteiger partial charge in [0.1, 0.15) is 12.4 Å². The normalized spacial score (nSPS) is 11.5. The molecule has 0 spiro atoms. The van der Waals surface area contributed by atoms with Crippen LogP contribution in [0.1, 0.15) is 71.2 Å². The summed E-state index contributed by atoms with van der Waals surface area (Å²) in [6.07, 6.45) is 0. The second-order valence-electron chi connectivity index (χ2n) is 8.89. The molecule has 0 atom stereocenters. The number of aromatic nitrogens is 4. The van der Waals surface area contributed by atoms with Gasteiger partial charge in [0.2, 0.25) is 5.16 Å². The van der Waals surface area contributed by atoms with E-state index in [-0.39, 0.29) is 30.2 Å². The van der Waals surface area contributed by atoms with Gasteiger partial charge in [-0.2, -0.15) is 0 Å². The van der Waals surface area contributed by atoms with Gasteiger partial charge in [-0.1, -0.05) is 44.7 Å². The molecule has 182 valence electrons. The summed E-state index contributed by atoms with van der Waals surface area (Å²) in [4.78, 5) is 28.0. The van der Waals surface area contributed by atoms with Crippen molar-refractivity contribution in [2.45, 2.75) is 58.7 Å². The van der Waals surface area contributed by atoms with Crippen molar-refractivity contribution < 1.29 is 19.1 Å². The number of nitrogen functional groups attached to an aromatic ring is 1. The minimum atomic E-state index is -0.445. The van der Waals surface area contributed by atoms with Crippen molar-refractivity contribution in [1.82, 2.24) is 19.9 Å². The summed E-state index contributed by atoms with van der Waals surface area (Å²) in [6, 6.07) is 7.90. The molecule has 0 fully saturated rings. The van der Waals surface area contributed by atoms with Crippen LogP contribution < -0.4 is 10.6 Å². The van der Waals surface area contributed by atoms with Gasteiger partial charge in [-0.25, -0.2) is 9.47 Å². The Morgan fingerprint density at radius 2 is 1.82 bits per heavy atom. The summed E-state index contributed by atoms with van der Waals surface area (Å²) in [5.74, 6) is 6.71. The molecule has 2 heterocycles. The van der Waals surface area contributed by atoms with Crippen molar-refractivity contribution in [3.63, 3.8) is 0 Å². The van der Waals surface area contributed by atoms with Crippen LogP contribution >= 0.6 is 11.8 Å². The lowest BCUT2D eigenvalue weighted by molar-refractivity contribution is 0.0525. The second kappa shape index (κ2) is 10.3. The molecule has 0 aliphatic carbocycles. The molecule has 0 bridgehead atoms. The highest BCUT2D eigenvalue weighted by molar-refractivity contribution is 7.99. The SMILES string of the molecule is CCOC(=O)c1c(C)[nH]c(C(=O)CSc2nnc(COc3ccc(C(C)(C)C)cc3)n2N)c1C. The fourth-order valence-corrected chi connectivity index (χ4v) is 4.19. The number of aryl methyl sites for hydroxylation is 1. The Balaban J connectivity index is 1.61. The van der Waals surface area contributed by atoms with Crippen LogP contribution in [0, 0.1) is 13.8 Å². The lowest BCUT2D eigenvalue weighted by atomic mass is 9.87. The molecular weight excluding hydrogens is 454 g/mol. The molecule has 0 aliphatic rings. The van der Waals surface area contributed by atoms with E-state index in [1.165, 1.54) is 10.2 Å². The number of rotatable bonds is 9. The Bertz CT molecular complexity index is 1180. The van der Waals surface area contributed by atoms with E-state index in [4.69, 9.17) is 15.3 Å². The number of nitrogens with one attached hydrogen (secondary N) is 1. The molecule has 9 nitrogen and oxygen atoms in total. The third-order valence-electron chi connectivity index (χ3n) is 5.35. The summed E-state index contributed by atoms with van der Waals surface area (Å²) in [6.45, 7) is 12.1. The molecule has 0 unspecified atom stereocenters. The number of carbonyl (C=O) groups is 2. The molecule has 3 aromatic rings. The maximum Gasteiger partial charge on any atom is 0.340 e.